The first-order valence-electron chi connectivity index (χ1n) is 15.2. The fourth-order valence-electron chi connectivity index (χ4n) is 5.28. The van der Waals surface area contributed by atoms with Crippen LogP contribution in [-0.4, -0.2) is 0 Å². The van der Waals surface area contributed by atoms with Gasteiger partial charge in [-0.2, -0.15) is 0 Å². The van der Waals surface area contributed by atoms with E-state index in [9.17, 15) is 0 Å². The molecule has 0 atom stereocenters. The molecule has 6 aromatic rings. The minimum absolute atomic E-state index is 1.05. The SMILES string of the molecule is Cc1ccc(C(=C=c2ccc(=c3ccc(=C=C(c4ccc(C)cc4)c4ccc(C)cc4)cc3)cc2)c2ccc(C)cc2)cc1. The van der Waals surface area contributed by atoms with Crippen molar-refractivity contribution in [2.45, 2.75) is 27.7 Å². The van der Waals surface area contributed by atoms with Crippen LogP contribution in [-0.2, 0) is 0 Å². The molecular weight excluding hydrogens is 528 g/mol. The summed E-state index contributed by atoms with van der Waals surface area (Å²) in [7, 11) is 0. The van der Waals surface area contributed by atoms with Crippen molar-refractivity contribution in [3.05, 3.63) is 211 Å². The number of aryl methyl sites for hydroxylation is 4. The van der Waals surface area contributed by atoms with Crippen molar-refractivity contribution >= 4 is 22.6 Å². The molecule has 0 radical (unpaired) electrons. The Hall–Kier alpha value is -5.38. The largest absolute Gasteiger partial charge is 0.104 e. The quantitative estimate of drug-likeness (QED) is 0.200. The third-order valence-electron chi connectivity index (χ3n) is 8.00. The fourth-order valence-corrected chi connectivity index (χ4v) is 5.28. The van der Waals surface area contributed by atoms with E-state index in [4.69, 9.17) is 0 Å². The van der Waals surface area contributed by atoms with Gasteiger partial charge < -0.3 is 0 Å². The minimum atomic E-state index is 1.05. The number of hydrogen-bond acceptors (Lipinski definition) is 0. The third kappa shape index (κ3) is 6.81. The molecule has 6 aromatic carbocycles. The summed E-state index contributed by atoms with van der Waals surface area (Å²) in [6.07, 6.45) is 0. The van der Waals surface area contributed by atoms with Crippen molar-refractivity contribution in [3.63, 3.8) is 0 Å². The highest BCUT2D eigenvalue weighted by atomic mass is 14.1. The van der Waals surface area contributed by atoms with Gasteiger partial charge in [-0.15, -0.1) is 11.5 Å². The van der Waals surface area contributed by atoms with Crippen molar-refractivity contribution < 1.29 is 0 Å². The molecule has 0 saturated carbocycles. The highest BCUT2D eigenvalue weighted by Crippen LogP contribution is 2.24. The average molecular weight is 565 g/mol. The molecule has 0 saturated heterocycles. The smallest absolute Gasteiger partial charge is 0.0315 e. The molecule has 0 heterocycles. The molecule has 0 aliphatic heterocycles. The Morgan fingerprint density at radius 1 is 0.295 bits per heavy atom. The monoisotopic (exact) mass is 564 g/mol. The first-order valence-corrected chi connectivity index (χ1v) is 15.2. The van der Waals surface area contributed by atoms with Gasteiger partial charge in [-0.25, -0.2) is 0 Å². The molecule has 0 N–H and O–H groups in total. The van der Waals surface area contributed by atoms with Crippen LogP contribution in [0.4, 0.5) is 0 Å². The lowest BCUT2D eigenvalue weighted by atomic mass is 9.96. The van der Waals surface area contributed by atoms with Crippen LogP contribution >= 0.6 is 0 Å². The first kappa shape index (κ1) is 28.7. The van der Waals surface area contributed by atoms with Crippen LogP contribution in [0.2, 0.25) is 0 Å². The lowest BCUT2D eigenvalue weighted by Crippen LogP contribution is -1.99. The van der Waals surface area contributed by atoms with Crippen LogP contribution in [0, 0.1) is 38.1 Å². The fraction of sp³-hybridized carbons (Fsp3) is 0.0909. The maximum absolute atomic E-state index is 3.70. The van der Waals surface area contributed by atoms with Gasteiger partial charge in [-0.3, -0.25) is 0 Å². The van der Waals surface area contributed by atoms with E-state index in [0.29, 0.717) is 0 Å². The van der Waals surface area contributed by atoms with E-state index in [2.05, 4.69) is 185 Å². The van der Waals surface area contributed by atoms with E-state index < -0.39 is 0 Å². The van der Waals surface area contributed by atoms with Gasteiger partial charge in [0.05, 0.1) is 0 Å². The van der Waals surface area contributed by atoms with E-state index in [-0.39, 0.29) is 0 Å². The van der Waals surface area contributed by atoms with Gasteiger partial charge in [0, 0.05) is 21.6 Å². The van der Waals surface area contributed by atoms with E-state index in [1.54, 1.807) is 0 Å². The Balaban J connectivity index is 1.46. The molecule has 0 bridgehead atoms. The maximum atomic E-state index is 3.70. The summed E-state index contributed by atoms with van der Waals surface area (Å²) in [6.45, 7) is 8.48. The molecule has 0 aliphatic rings. The summed E-state index contributed by atoms with van der Waals surface area (Å²) >= 11 is 0. The lowest BCUT2D eigenvalue weighted by molar-refractivity contribution is 1.43. The van der Waals surface area contributed by atoms with E-state index in [1.807, 2.05) is 0 Å². The average Bonchev–Trinajstić information content (AvgIpc) is 3.05. The Kier molecular flexibility index (Phi) is 8.40. The predicted molar refractivity (Wildman–Crippen MR) is 186 cm³/mol. The Labute approximate surface area is 260 Å². The van der Waals surface area contributed by atoms with Crippen LogP contribution in [0.15, 0.2) is 146 Å². The normalized spacial score (nSPS) is 10.5. The molecule has 44 heavy (non-hydrogen) atoms. The van der Waals surface area contributed by atoms with Crippen LogP contribution in [0.25, 0.3) is 22.6 Å². The molecule has 0 fully saturated rings. The van der Waals surface area contributed by atoms with Crippen molar-refractivity contribution in [1.29, 1.82) is 0 Å². The topological polar surface area (TPSA) is 0 Å². The van der Waals surface area contributed by atoms with Crippen LogP contribution in [0.5, 0.6) is 0 Å². The van der Waals surface area contributed by atoms with Crippen molar-refractivity contribution in [1.82, 2.24) is 0 Å². The van der Waals surface area contributed by atoms with E-state index in [1.165, 1.54) is 54.9 Å². The van der Waals surface area contributed by atoms with Gasteiger partial charge in [0.2, 0.25) is 0 Å². The first-order chi connectivity index (χ1) is 21.4. The number of rotatable bonds is 4. The van der Waals surface area contributed by atoms with Gasteiger partial charge in [0.15, 0.2) is 0 Å². The van der Waals surface area contributed by atoms with Gasteiger partial charge in [-0.05, 0) is 84.7 Å². The molecule has 0 nitrogen and oxygen atoms in total. The zero-order valence-corrected chi connectivity index (χ0v) is 25.9. The predicted octanol–water partition coefficient (Wildman–Crippen LogP) is 9.23. The highest BCUT2D eigenvalue weighted by molar-refractivity contribution is 5.87. The minimum Gasteiger partial charge on any atom is -0.104 e. The number of benzene rings is 6. The van der Waals surface area contributed by atoms with Crippen molar-refractivity contribution in [2.75, 3.05) is 0 Å². The molecule has 0 spiro atoms. The Morgan fingerprint density at radius 2 is 0.523 bits per heavy atom. The Bertz CT molecular complexity index is 1910. The molecule has 0 amide bonds. The van der Waals surface area contributed by atoms with E-state index >= 15 is 0 Å². The van der Waals surface area contributed by atoms with Crippen LogP contribution in [0.3, 0.4) is 0 Å². The van der Waals surface area contributed by atoms with Crippen LogP contribution in [0.1, 0.15) is 44.5 Å². The second kappa shape index (κ2) is 12.9. The second-order valence-electron chi connectivity index (χ2n) is 11.6. The summed E-state index contributed by atoms with van der Waals surface area (Å²) in [4.78, 5) is 0. The molecule has 0 unspecified atom stereocenters. The summed E-state index contributed by atoms with van der Waals surface area (Å²) in [5.74, 6) is 0. The zero-order valence-electron chi connectivity index (χ0n) is 25.9. The number of hydrogen-bond donors (Lipinski definition) is 0. The standard InChI is InChI=1S/C44H36/c1-31-5-17-39(18-6-31)43(40-19-7-32(2)8-20-40)29-35-13-25-37(26-14-35)38-27-15-36(16-28-38)30-44(41-21-9-33(3)10-22-41)42-23-11-34(4)12-24-42/h5-28H,1-4H3. The van der Waals surface area contributed by atoms with E-state index in [0.717, 1.165) is 21.6 Å². The highest BCUT2D eigenvalue weighted by Gasteiger charge is 2.06. The summed E-state index contributed by atoms with van der Waals surface area (Å²) in [6, 6.07) is 52.1. The molecule has 0 aliphatic carbocycles. The molecule has 0 aromatic heterocycles. The van der Waals surface area contributed by atoms with Crippen LogP contribution < -0.4 is 10.4 Å². The zero-order chi connectivity index (χ0) is 30.5. The van der Waals surface area contributed by atoms with Crippen molar-refractivity contribution in [3.8, 4) is 0 Å². The maximum Gasteiger partial charge on any atom is 0.0315 e. The second-order valence-corrected chi connectivity index (χ2v) is 11.6. The van der Waals surface area contributed by atoms with Gasteiger partial charge in [-0.1, -0.05) is 144 Å². The molecule has 212 valence electrons. The van der Waals surface area contributed by atoms with Gasteiger partial charge in [0.1, 0.15) is 0 Å². The Morgan fingerprint density at radius 3 is 0.750 bits per heavy atom. The van der Waals surface area contributed by atoms with Gasteiger partial charge >= 0.3 is 0 Å². The molecular formula is C44H36. The van der Waals surface area contributed by atoms with Gasteiger partial charge in [0.25, 0.3) is 0 Å². The summed E-state index contributed by atoms with van der Waals surface area (Å²) < 4.78 is 0. The van der Waals surface area contributed by atoms with Crippen molar-refractivity contribution in [2.24, 2.45) is 0 Å². The lowest BCUT2D eigenvalue weighted by Gasteiger charge is -2.07. The molecule has 6 rings (SSSR count). The summed E-state index contributed by atoms with van der Waals surface area (Å²) in [5, 5.41) is 4.46. The summed E-state index contributed by atoms with van der Waals surface area (Å²) in [5.41, 5.74) is 19.3. The molecule has 0 heteroatoms. The third-order valence-corrected chi connectivity index (χ3v) is 8.00.